The summed E-state index contributed by atoms with van der Waals surface area (Å²) >= 11 is 0. The predicted octanol–water partition coefficient (Wildman–Crippen LogP) is 3.76. The van der Waals surface area contributed by atoms with E-state index in [4.69, 9.17) is 4.18 Å². The van der Waals surface area contributed by atoms with E-state index in [9.17, 15) is 23.4 Å². The molecule has 0 aromatic heterocycles. The van der Waals surface area contributed by atoms with Gasteiger partial charge in [-0.1, -0.05) is 18.2 Å². The second kappa shape index (κ2) is 7.98. The molecule has 0 saturated heterocycles. The van der Waals surface area contributed by atoms with Crippen LogP contribution in [-0.2, 0) is 10.1 Å². The van der Waals surface area contributed by atoms with E-state index in [0.717, 1.165) is 5.56 Å². The molecule has 0 spiro atoms. The van der Waals surface area contributed by atoms with Crippen LogP contribution in [0.25, 0.3) is 6.08 Å². The summed E-state index contributed by atoms with van der Waals surface area (Å²) < 4.78 is 29.5. The number of carbonyl (C=O) groups is 1. The van der Waals surface area contributed by atoms with Gasteiger partial charge in [0.1, 0.15) is 22.1 Å². The predicted molar refractivity (Wildman–Crippen MR) is 104 cm³/mol. The molecular weight excluding hydrogens is 380 g/mol. The number of phenolic OH excluding ortho intramolecular Hbond substituents is 2. The van der Waals surface area contributed by atoms with E-state index in [0.29, 0.717) is 5.56 Å². The maximum absolute atomic E-state index is 12.2. The van der Waals surface area contributed by atoms with Gasteiger partial charge >= 0.3 is 10.1 Å². The van der Waals surface area contributed by atoms with Crippen molar-refractivity contribution in [1.29, 1.82) is 0 Å². The Kier molecular flexibility index (Phi) is 5.47. The molecule has 28 heavy (non-hydrogen) atoms. The lowest BCUT2D eigenvalue weighted by molar-refractivity contribution is 0.104. The Morgan fingerprint density at radius 1 is 0.786 bits per heavy atom. The Balaban J connectivity index is 1.69. The monoisotopic (exact) mass is 396 g/mol. The van der Waals surface area contributed by atoms with Gasteiger partial charge in [-0.3, -0.25) is 4.79 Å². The molecule has 0 amide bonds. The molecule has 2 N–H and O–H groups in total. The van der Waals surface area contributed by atoms with Crippen molar-refractivity contribution in [3.8, 4) is 17.2 Å². The van der Waals surface area contributed by atoms with Gasteiger partial charge in [0.2, 0.25) is 0 Å². The molecule has 3 rings (SSSR count). The van der Waals surface area contributed by atoms with Gasteiger partial charge in [-0.2, -0.15) is 8.42 Å². The van der Waals surface area contributed by atoms with E-state index < -0.39 is 10.1 Å². The molecule has 142 valence electrons. The van der Waals surface area contributed by atoms with Gasteiger partial charge in [0.25, 0.3) is 0 Å². The number of benzene rings is 3. The summed E-state index contributed by atoms with van der Waals surface area (Å²) in [6.07, 6.45) is 3.00. The molecule has 7 heteroatoms. The fourth-order valence-electron chi connectivity index (χ4n) is 2.32. The highest BCUT2D eigenvalue weighted by Crippen LogP contribution is 2.21. The number of hydrogen-bond acceptors (Lipinski definition) is 6. The van der Waals surface area contributed by atoms with E-state index in [2.05, 4.69) is 0 Å². The van der Waals surface area contributed by atoms with E-state index in [1.807, 2.05) is 0 Å². The molecule has 0 aliphatic heterocycles. The van der Waals surface area contributed by atoms with Crippen molar-refractivity contribution in [3.63, 3.8) is 0 Å². The standard InChI is InChI=1S/C21H16O6S/c22-17-6-1-15(2-7-17)3-14-21(24)16-4-10-19(11-5-16)27-28(25,26)20-12-8-18(23)9-13-20/h1-14,22-23H. The first kappa shape index (κ1) is 19.2. The number of allylic oxidation sites excluding steroid dienone is 1. The van der Waals surface area contributed by atoms with Gasteiger partial charge < -0.3 is 14.4 Å². The second-order valence-electron chi connectivity index (χ2n) is 5.84. The summed E-state index contributed by atoms with van der Waals surface area (Å²) in [5.41, 5.74) is 1.12. The molecular formula is C21H16O6S. The van der Waals surface area contributed by atoms with Crippen LogP contribution in [0.1, 0.15) is 15.9 Å². The highest BCUT2D eigenvalue weighted by atomic mass is 32.2. The Morgan fingerprint density at radius 3 is 1.89 bits per heavy atom. The lowest BCUT2D eigenvalue weighted by Gasteiger charge is -2.07. The second-order valence-corrected chi connectivity index (χ2v) is 7.39. The van der Waals surface area contributed by atoms with Crippen molar-refractivity contribution < 1.29 is 27.6 Å². The highest BCUT2D eigenvalue weighted by molar-refractivity contribution is 7.87. The first-order valence-electron chi connectivity index (χ1n) is 8.18. The minimum Gasteiger partial charge on any atom is -0.508 e. The molecule has 0 heterocycles. The van der Waals surface area contributed by atoms with Crippen LogP contribution in [0.4, 0.5) is 0 Å². The third kappa shape index (κ3) is 4.77. The molecule has 0 fully saturated rings. The van der Waals surface area contributed by atoms with Gasteiger partial charge in [0, 0.05) is 5.56 Å². The van der Waals surface area contributed by atoms with Crippen molar-refractivity contribution >= 4 is 22.0 Å². The molecule has 0 unspecified atom stereocenters. The Bertz CT molecular complexity index is 1100. The fourth-order valence-corrected chi connectivity index (χ4v) is 3.25. The zero-order valence-corrected chi connectivity index (χ0v) is 15.3. The third-order valence-electron chi connectivity index (χ3n) is 3.79. The van der Waals surface area contributed by atoms with Crippen molar-refractivity contribution in [1.82, 2.24) is 0 Å². The first-order chi connectivity index (χ1) is 13.3. The van der Waals surface area contributed by atoms with Crippen LogP contribution in [0.3, 0.4) is 0 Å². The van der Waals surface area contributed by atoms with Crippen molar-refractivity contribution in [2.24, 2.45) is 0 Å². The maximum atomic E-state index is 12.2. The zero-order valence-electron chi connectivity index (χ0n) is 14.5. The number of carbonyl (C=O) groups excluding carboxylic acids is 1. The summed E-state index contributed by atoms with van der Waals surface area (Å²) in [4.78, 5) is 12.1. The topological polar surface area (TPSA) is 101 Å². The molecule has 0 atom stereocenters. The van der Waals surface area contributed by atoms with E-state index >= 15 is 0 Å². The Hall–Kier alpha value is -3.58. The minimum absolute atomic E-state index is 0.0535. The molecule has 3 aromatic rings. The molecule has 0 aliphatic carbocycles. The van der Waals surface area contributed by atoms with Crippen LogP contribution in [0.5, 0.6) is 17.2 Å². The van der Waals surface area contributed by atoms with Gasteiger partial charge in [-0.25, -0.2) is 0 Å². The summed E-state index contributed by atoms with van der Waals surface area (Å²) in [6.45, 7) is 0. The van der Waals surface area contributed by atoms with Gasteiger partial charge in [-0.15, -0.1) is 0 Å². The van der Waals surface area contributed by atoms with Crippen molar-refractivity contribution in [2.75, 3.05) is 0 Å². The van der Waals surface area contributed by atoms with Gasteiger partial charge in [-0.05, 0) is 72.3 Å². The van der Waals surface area contributed by atoms with Crippen molar-refractivity contribution in [2.45, 2.75) is 4.90 Å². The molecule has 0 bridgehead atoms. The summed E-state index contributed by atoms with van der Waals surface area (Å²) in [6, 6.07) is 17.0. The van der Waals surface area contributed by atoms with E-state index in [-0.39, 0.29) is 27.9 Å². The Labute approximate surface area is 162 Å². The van der Waals surface area contributed by atoms with Crippen LogP contribution in [0.15, 0.2) is 83.8 Å². The number of rotatable bonds is 6. The first-order valence-corrected chi connectivity index (χ1v) is 9.59. The number of aromatic hydroxyl groups is 2. The van der Waals surface area contributed by atoms with Crippen LogP contribution in [0, 0.1) is 0 Å². The molecule has 3 aromatic carbocycles. The third-order valence-corrected chi connectivity index (χ3v) is 5.05. The number of hydrogen-bond donors (Lipinski definition) is 2. The lowest BCUT2D eigenvalue weighted by atomic mass is 10.1. The quantitative estimate of drug-likeness (QED) is 0.374. The summed E-state index contributed by atoms with van der Waals surface area (Å²) in [5.74, 6) is -0.114. The molecule has 0 aliphatic rings. The maximum Gasteiger partial charge on any atom is 0.339 e. The van der Waals surface area contributed by atoms with Gasteiger partial charge in [0.15, 0.2) is 5.78 Å². The molecule has 0 radical (unpaired) electrons. The van der Waals surface area contributed by atoms with Crippen LogP contribution in [-0.4, -0.2) is 24.4 Å². The van der Waals surface area contributed by atoms with Crippen molar-refractivity contribution in [3.05, 3.63) is 90.0 Å². The number of ketones is 1. The molecule has 6 nitrogen and oxygen atoms in total. The number of phenols is 2. The molecule has 0 saturated carbocycles. The fraction of sp³-hybridized carbons (Fsp3) is 0. The summed E-state index contributed by atoms with van der Waals surface area (Å²) in [7, 11) is -4.04. The Morgan fingerprint density at radius 2 is 1.32 bits per heavy atom. The minimum atomic E-state index is -4.04. The lowest BCUT2D eigenvalue weighted by Crippen LogP contribution is -2.09. The highest BCUT2D eigenvalue weighted by Gasteiger charge is 2.16. The van der Waals surface area contributed by atoms with Crippen LogP contribution >= 0.6 is 0 Å². The normalized spacial score (nSPS) is 11.4. The average Bonchev–Trinajstić information content (AvgIpc) is 2.68. The zero-order chi connectivity index (χ0) is 20.1. The van der Waals surface area contributed by atoms with E-state index in [1.54, 1.807) is 18.2 Å². The van der Waals surface area contributed by atoms with Crippen LogP contribution < -0.4 is 4.18 Å². The SMILES string of the molecule is O=C(C=Cc1ccc(O)cc1)c1ccc(OS(=O)(=O)c2ccc(O)cc2)cc1. The smallest absolute Gasteiger partial charge is 0.339 e. The van der Waals surface area contributed by atoms with Crippen LogP contribution in [0.2, 0.25) is 0 Å². The van der Waals surface area contributed by atoms with Gasteiger partial charge in [0.05, 0.1) is 0 Å². The van der Waals surface area contributed by atoms with E-state index in [1.165, 1.54) is 66.7 Å². The average molecular weight is 396 g/mol. The largest absolute Gasteiger partial charge is 0.508 e. The summed E-state index contributed by atoms with van der Waals surface area (Å²) in [5, 5.41) is 18.5.